The van der Waals surface area contributed by atoms with E-state index >= 15 is 0 Å². The fourth-order valence-electron chi connectivity index (χ4n) is 1.65. The molecule has 0 bridgehead atoms. The Balaban J connectivity index is 0.000000231. The predicted molar refractivity (Wildman–Crippen MR) is 82.5 cm³/mol. The molecule has 2 aromatic rings. The van der Waals surface area contributed by atoms with Gasteiger partial charge in [-0.15, -0.1) is 0 Å². The van der Waals surface area contributed by atoms with Crippen molar-refractivity contribution < 1.29 is 22.5 Å². The van der Waals surface area contributed by atoms with Crippen LogP contribution in [0.3, 0.4) is 0 Å². The SMILES string of the molecule is Cc1ccc(C(F)(F)P)c(F)c1.Cc1ccc(F)c([N+](=O)[O-])c1. The average Bonchev–Trinajstić information content (AvgIpc) is 2.40. The zero-order chi connectivity index (χ0) is 17.8. The zero-order valence-electron chi connectivity index (χ0n) is 12.3. The van der Waals surface area contributed by atoms with Gasteiger partial charge in [0.2, 0.25) is 5.82 Å². The minimum absolute atomic E-state index is 0.468. The minimum Gasteiger partial charge on any atom is -0.258 e. The number of aryl methyl sites for hydroxylation is 2. The molecule has 1 atom stereocenters. The first-order valence-corrected chi connectivity index (χ1v) is 6.94. The summed E-state index contributed by atoms with van der Waals surface area (Å²) in [5.41, 5.74) is -2.93. The van der Waals surface area contributed by atoms with Gasteiger partial charge in [0.15, 0.2) is 0 Å². The van der Waals surface area contributed by atoms with Crippen LogP contribution < -0.4 is 0 Å². The molecule has 0 aliphatic carbocycles. The lowest BCUT2D eigenvalue weighted by molar-refractivity contribution is -0.387. The summed E-state index contributed by atoms with van der Waals surface area (Å²) in [6.45, 7) is 3.32. The highest BCUT2D eigenvalue weighted by Crippen LogP contribution is 2.36. The van der Waals surface area contributed by atoms with Gasteiger partial charge in [0.1, 0.15) is 5.82 Å². The Bertz CT molecular complexity index is 717. The highest BCUT2D eigenvalue weighted by Gasteiger charge is 2.27. The van der Waals surface area contributed by atoms with E-state index < -0.39 is 33.5 Å². The van der Waals surface area contributed by atoms with Crippen LogP contribution in [0, 0.1) is 35.6 Å². The number of alkyl halides is 2. The molecule has 0 radical (unpaired) electrons. The molecule has 0 heterocycles. The van der Waals surface area contributed by atoms with Crippen LogP contribution in [0.2, 0.25) is 0 Å². The lowest BCUT2D eigenvalue weighted by Crippen LogP contribution is -2.05. The molecule has 1 unspecified atom stereocenters. The van der Waals surface area contributed by atoms with Gasteiger partial charge in [-0.1, -0.05) is 21.4 Å². The number of nitro benzene ring substituents is 1. The van der Waals surface area contributed by atoms with Gasteiger partial charge in [0, 0.05) is 6.07 Å². The second kappa shape index (κ2) is 7.51. The summed E-state index contributed by atoms with van der Waals surface area (Å²) in [6.07, 6.45) is 0. The molecule has 23 heavy (non-hydrogen) atoms. The summed E-state index contributed by atoms with van der Waals surface area (Å²) in [6, 6.07) is 7.42. The van der Waals surface area contributed by atoms with E-state index in [1.54, 1.807) is 13.8 Å². The topological polar surface area (TPSA) is 43.1 Å². The summed E-state index contributed by atoms with van der Waals surface area (Å²) in [4.78, 5) is 9.41. The van der Waals surface area contributed by atoms with Crippen molar-refractivity contribution in [2.24, 2.45) is 0 Å². The fraction of sp³-hybridized carbons (Fsp3) is 0.200. The summed E-state index contributed by atoms with van der Waals surface area (Å²) in [7, 11) is 1.31. The lowest BCUT2D eigenvalue weighted by atomic mass is 10.1. The van der Waals surface area contributed by atoms with E-state index in [9.17, 15) is 27.7 Å². The van der Waals surface area contributed by atoms with Crippen LogP contribution >= 0.6 is 9.24 Å². The highest BCUT2D eigenvalue weighted by molar-refractivity contribution is 7.17. The first-order valence-electron chi connectivity index (χ1n) is 6.36. The second-order valence-corrected chi connectivity index (χ2v) is 5.54. The molecule has 0 N–H and O–H groups in total. The van der Waals surface area contributed by atoms with E-state index in [1.807, 2.05) is 0 Å². The van der Waals surface area contributed by atoms with Gasteiger partial charge in [-0.3, -0.25) is 10.1 Å². The van der Waals surface area contributed by atoms with Crippen LogP contribution in [0.4, 0.5) is 23.2 Å². The third kappa shape index (κ3) is 5.60. The van der Waals surface area contributed by atoms with Gasteiger partial charge in [0.25, 0.3) is 5.66 Å². The molecule has 0 saturated heterocycles. The molecule has 0 fully saturated rings. The van der Waals surface area contributed by atoms with Crippen molar-refractivity contribution in [2.75, 3.05) is 0 Å². The molecule has 2 rings (SSSR count). The Labute approximate surface area is 132 Å². The summed E-state index contributed by atoms with van der Waals surface area (Å²) < 4.78 is 50.6. The Morgan fingerprint density at radius 3 is 1.96 bits per heavy atom. The molecule has 0 spiro atoms. The van der Waals surface area contributed by atoms with E-state index in [1.165, 1.54) is 27.4 Å². The lowest BCUT2D eigenvalue weighted by Gasteiger charge is -2.11. The molecule has 2 aromatic carbocycles. The molecule has 3 nitrogen and oxygen atoms in total. The summed E-state index contributed by atoms with van der Waals surface area (Å²) >= 11 is 0. The van der Waals surface area contributed by atoms with E-state index in [4.69, 9.17) is 0 Å². The number of hydrogen-bond donors (Lipinski definition) is 0. The maximum absolute atomic E-state index is 12.9. The maximum Gasteiger partial charge on any atom is 0.305 e. The first kappa shape index (κ1) is 19.0. The van der Waals surface area contributed by atoms with Gasteiger partial charge < -0.3 is 0 Å². The summed E-state index contributed by atoms with van der Waals surface area (Å²) in [5.74, 6) is -1.66. The van der Waals surface area contributed by atoms with E-state index in [0.717, 1.165) is 18.2 Å². The molecule has 0 aliphatic heterocycles. The van der Waals surface area contributed by atoms with E-state index in [0.29, 0.717) is 11.1 Å². The van der Waals surface area contributed by atoms with Crippen molar-refractivity contribution in [3.05, 3.63) is 74.8 Å². The highest BCUT2D eigenvalue weighted by atomic mass is 31.0. The number of nitro groups is 1. The van der Waals surface area contributed by atoms with Crippen LogP contribution in [0.1, 0.15) is 16.7 Å². The number of benzene rings is 2. The molecule has 0 saturated carbocycles. The Morgan fingerprint density at radius 1 is 1.00 bits per heavy atom. The monoisotopic (exact) mass is 347 g/mol. The quantitative estimate of drug-likeness (QED) is 0.328. The second-order valence-electron chi connectivity index (χ2n) is 4.82. The maximum atomic E-state index is 12.9. The summed E-state index contributed by atoms with van der Waals surface area (Å²) in [5, 5.41) is 10.1. The Morgan fingerprint density at radius 2 is 1.52 bits per heavy atom. The van der Waals surface area contributed by atoms with Gasteiger partial charge in [0.05, 0.1) is 10.5 Å². The van der Waals surface area contributed by atoms with Crippen molar-refractivity contribution in [1.82, 2.24) is 0 Å². The van der Waals surface area contributed by atoms with Crippen LogP contribution in [0.25, 0.3) is 0 Å². The standard InChI is InChI=1S/C8H8F3P.C7H6FNO2/c1-5-2-3-6(7(9)4-5)8(10,11)12;1-5-2-3-6(8)7(4-5)9(10)11/h2-4H,12H2,1H3;2-4H,1H3. The number of rotatable bonds is 2. The average molecular weight is 347 g/mol. The molecular weight excluding hydrogens is 333 g/mol. The largest absolute Gasteiger partial charge is 0.305 e. The third-order valence-corrected chi connectivity index (χ3v) is 3.09. The Hall–Kier alpha value is -2.01. The van der Waals surface area contributed by atoms with Crippen LogP contribution in [-0.2, 0) is 5.66 Å². The van der Waals surface area contributed by atoms with Crippen molar-refractivity contribution >= 4 is 14.9 Å². The van der Waals surface area contributed by atoms with Gasteiger partial charge in [-0.05, 0) is 43.2 Å². The fourth-order valence-corrected chi connectivity index (χ4v) is 1.89. The number of halogens is 4. The molecule has 8 heteroatoms. The van der Waals surface area contributed by atoms with Crippen molar-refractivity contribution in [1.29, 1.82) is 0 Å². The third-order valence-electron chi connectivity index (χ3n) is 2.78. The Kier molecular flexibility index (Phi) is 6.21. The van der Waals surface area contributed by atoms with Crippen molar-refractivity contribution in [3.63, 3.8) is 0 Å². The molecule has 0 aromatic heterocycles. The molecule has 0 amide bonds. The predicted octanol–water partition coefficient (Wildman–Crippen LogP) is 5.10. The molecule has 0 aliphatic rings. The number of hydrogen-bond acceptors (Lipinski definition) is 2. The van der Waals surface area contributed by atoms with Crippen LogP contribution in [0.15, 0.2) is 36.4 Å². The first-order chi connectivity index (χ1) is 10.5. The van der Waals surface area contributed by atoms with Crippen LogP contribution in [0.5, 0.6) is 0 Å². The van der Waals surface area contributed by atoms with Crippen LogP contribution in [-0.4, -0.2) is 4.92 Å². The number of nitrogens with zero attached hydrogens (tertiary/aromatic N) is 1. The van der Waals surface area contributed by atoms with Crippen molar-refractivity contribution in [3.8, 4) is 0 Å². The zero-order valence-corrected chi connectivity index (χ0v) is 13.5. The van der Waals surface area contributed by atoms with E-state index in [2.05, 4.69) is 0 Å². The van der Waals surface area contributed by atoms with Gasteiger partial charge in [-0.25, -0.2) is 4.39 Å². The minimum atomic E-state index is -3.18. The van der Waals surface area contributed by atoms with Gasteiger partial charge in [-0.2, -0.15) is 13.2 Å². The van der Waals surface area contributed by atoms with Crippen molar-refractivity contribution in [2.45, 2.75) is 19.5 Å². The normalized spacial score (nSPS) is 10.7. The smallest absolute Gasteiger partial charge is 0.258 e. The van der Waals surface area contributed by atoms with E-state index in [-0.39, 0.29) is 0 Å². The molecule has 124 valence electrons. The molecular formula is C15H14F4NO2P. The van der Waals surface area contributed by atoms with Gasteiger partial charge >= 0.3 is 5.69 Å².